The van der Waals surface area contributed by atoms with E-state index in [9.17, 15) is 4.79 Å². The minimum absolute atomic E-state index is 0.190. The molecule has 0 heterocycles. The van der Waals surface area contributed by atoms with Crippen LogP contribution in [0.1, 0.15) is 6.42 Å². The SMILES string of the molecule is CN(C)CCCNC(=O)Nc1ccccc1S. The standard InChI is InChI=1S/C12H19N3OS/c1-15(2)9-5-8-13-12(16)14-10-6-3-4-7-11(10)17/h3-4,6-7,17H,5,8-9H2,1-2H3,(H2,13,14,16). The van der Waals surface area contributed by atoms with Crippen LogP contribution < -0.4 is 10.6 Å². The summed E-state index contributed by atoms with van der Waals surface area (Å²) >= 11 is 4.26. The van der Waals surface area contributed by atoms with E-state index in [0.717, 1.165) is 23.5 Å². The molecule has 0 aliphatic carbocycles. The number of benzene rings is 1. The minimum atomic E-state index is -0.190. The van der Waals surface area contributed by atoms with Gasteiger partial charge in [-0.15, -0.1) is 12.6 Å². The summed E-state index contributed by atoms with van der Waals surface area (Å²) in [5, 5.41) is 5.56. The number of amides is 2. The molecule has 1 aromatic carbocycles. The van der Waals surface area contributed by atoms with Crippen LogP contribution in [0.4, 0.5) is 10.5 Å². The fourth-order valence-electron chi connectivity index (χ4n) is 1.34. The molecule has 0 radical (unpaired) electrons. The van der Waals surface area contributed by atoms with Gasteiger partial charge in [-0.25, -0.2) is 4.79 Å². The number of urea groups is 1. The summed E-state index contributed by atoms with van der Waals surface area (Å²) < 4.78 is 0. The molecule has 0 unspecified atom stereocenters. The summed E-state index contributed by atoms with van der Waals surface area (Å²) in [5.74, 6) is 0. The molecule has 1 rings (SSSR count). The van der Waals surface area contributed by atoms with Crippen LogP contribution in [0.3, 0.4) is 0 Å². The molecule has 17 heavy (non-hydrogen) atoms. The van der Waals surface area contributed by atoms with Crippen molar-refractivity contribution in [3.63, 3.8) is 0 Å². The summed E-state index contributed by atoms with van der Waals surface area (Å²) in [6.45, 7) is 1.63. The van der Waals surface area contributed by atoms with Crippen molar-refractivity contribution in [1.82, 2.24) is 10.2 Å². The quantitative estimate of drug-likeness (QED) is 0.555. The third kappa shape index (κ3) is 5.60. The lowest BCUT2D eigenvalue weighted by molar-refractivity contribution is 0.251. The molecule has 0 saturated heterocycles. The van der Waals surface area contributed by atoms with Crippen molar-refractivity contribution >= 4 is 24.3 Å². The Bertz CT molecular complexity index is 369. The first-order valence-corrected chi connectivity index (χ1v) is 6.02. The van der Waals surface area contributed by atoms with Crippen molar-refractivity contribution in [2.75, 3.05) is 32.5 Å². The van der Waals surface area contributed by atoms with Crippen LogP contribution in [0.5, 0.6) is 0 Å². The predicted molar refractivity (Wildman–Crippen MR) is 73.9 cm³/mol. The highest BCUT2D eigenvalue weighted by Crippen LogP contribution is 2.17. The van der Waals surface area contributed by atoms with Gasteiger partial charge in [0, 0.05) is 11.4 Å². The minimum Gasteiger partial charge on any atom is -0.338 e. The third-order valence-electron chi connectivity index (χ3n) is 2.22. The average Bonchev–Trinajstić information content (AvgIpc) is 2.27. The number of nitrogens with one attached hydrogen (secondary N) is 2. The molecule has 0 fully saturated rings. The van der Waals surface area contributed by atoms with E-state index in [0.29, 0.717) is 6.54 Å². The number of hydrogen-bond donors (Lipinski definition) is 3. The molecule has 5 heteroatoms. The predicted octanol–water partition coefficient (Wildman–Crippen LogP) is 2.05. The Balaban J connectivity index is 2.28. The number of para-hydroxylation sites is 1. The smallest absolute Gasteiger partial charge is 0.319 e. The topological polar surface area (TPSA) is 44.4 Å². The zero-order chi connectivity index (χ0) is 12.7. The molecule has 0 saturated carbocycles. The zero-order valence-corrected chi connectivity index (χ0v) is 11.1. The van der Waals surface area contributed by atoms with Gasteiger partial charge in [0.2, 0.25) is 0 Å². The van der Waals surface area contributed by atoms with Gasteiger partial charge in [0.15, 0.2) is 0 Å². The summed E-state index contributed by atoms with van der Waals surface area (Å²) in [5.41, 5.74) is 0.723. The van der Waals surface area contributed by atoms with Gasteiger partial charge in [-0.3, -0.25) is 0 Å². The molecule has 0 atom stereocenters. The van der Waals surface area contributed by atoms with Crippen molar-refractivity contribution in [3.05, 3.63) is 24.3 Å². The summed E-state index contributed by atoms with van der Waals surface area (Å²) in [6.07, 6.45) is 0.933. The lowest BCUT2D eigenvalue weighted by Gasteiger charge is -2.11. The van der Waals surface area contributed by atoms with Crippen molar-refractivity contribution < 1.29 is 4.79 Å². The fourth-order valence-corrected chi connectivity index (χ4v) is 1.56. The normalized spacial score (nSPS) is 10.4. The highest BCUT2D eigenvalue weighted by atomic mass is 32.1. The number of carbonyl (C=O) groups is 1. The van der Waals surface area contributed by atoms with E-state index in [1.807, 2.05) is 38.4 Å². The first-order valence-electron chi connectivity index (χ1n) is 5.57. The van der Waals surface area contributed by atoms with Crippen molar-refractivity contribution in [1.29, 1.82) is 0 Å². The van der Waals surface area contributed by atoms with Gasteiger partial charge in [0.25, 0.3) is 0 Å². The Hall–Kier alpha value is -1.20. The highest BCUT2D eigenvalue weighted by Gasteiger charge is 2.03. The molecular weight excluding hydrogens is 234 g/mol. The van der Waals surface area contributed by atoms with Crippen LogP contribution in [0, 0.1) is 0 Å². The number of hydrogen-bond acceptors (Lipinski definition) is 3. The lowest BCUT2D eigenvalue weighted by atomic mass is 10.3. The van der Waals surface area contributed by atoms with E-state index in [-0.39, 0.29) is 6.03 Å². The number of rotatable bonds is 5. The second kappa shape index (κ2) is 7.19. The van der Waals surface area contributed by atoms with Crippen molar-refractivity contribution in [3.8, 4) is 0 Å². The molecule has 0 aliphatic heterocycles. The van der Waals surface area contributed by atoms with Gasteiger partial charge < -0.3 is 15.5 Å². The van der Waals surface area contributed by atoms with Gasteiger partial charge in [-0.1, -0.05) is 12.1 Å². The summed E-state index contributed by atoms with van der Waals surface area (Å²) in [7, 11) is 4.02. The van der Waals surface area contributed by atoms with E-state index in [1.165, 1.54) is 0 Å². The first-order chi connectivity index (χ1) is 8.09. The molecule has 0 spiro atoms. The van der Waals surface area contributed by atoms with E-state index >= 15 is 0 Å². The summed E-state index contributed by atoms with van der Waals surface area (Å²) in [6, 6.07) is 7.21. The molecule has 2 N–H and O–H groups in total. The molecular formula is C12H19N3OS. The second-order valence-corrected chi connectivity index (χ2v) is 4.54. The molecule has 0 aliphatic rings. The fraction of sp³-hybridized carbons (Fsp3) is 0.417. The second-order valence-electron chi connectivity index (χ2n) is 4.05. The summed E-state index contributed by atoms with van der Waals surface area (Å²) in [4.78, 5) is 14.4. The maximum Gasteiger partial charge on any atom is 0.319 e. The number of nitrogens with zero attached hydrogens (tertiary/aromatic N) is 1. The first kappa shape index (κ1) is 13.9. The van der Waals surface area contributed by atoms with Crippen molar-refractivity contribution in [2.45, 2.75) is 11.3 Å². The lowest BCUT2D eigenvalue weighted by Crippen LogP contribution is -2.31. The van der Waals surface area contributed by atoms with Crippen LogP contribution in [0.25, 0.3) is 0 Å². The molecule has 94 valence electrons. The van der Waals surface area contributed by atoms with Crippen LogP contribution in [0.2, 0.25) is 0 Å². The van der Waals surface area contributed by atoms with Crippen LogP contribution in [-0.4, -0.2) is 38.1 Å². The van der Waals surface area contributed by atoms with Gasteiger partial charge >= 0.3 is 6.03 Å². The zero-order valence-electron chi connectivity index (χ0n) is 10.2. The van der Waals surface area contributed by atoms with Gasteiger partial charge in [0.05, 0.1) is 5.69 Å². The Kier molecular flexibility index (Phi) is 5.86. The van der Waals surface area contributed by atoms with Gasteiger partial charge in [0.1, 0.15) is 0 Å². The maximum atomic E-state index is 11.5. The Morgan fingerprint density at radius 3 is 2.71 bits per heavy atom. The highest BCUT2D eigenvalue weighted by molar-refractivity contribution is 7.80. The average molecular weight is 253 g/mol. The van der Waals surface area contributed by atoms with Gasteiger partial charge in [-0.05, 0) is 39.2 Å². The Labute approximate surface area is 108 Å². The molecule has 0 bridgehead atoms. The third-order valence-corrected chi connectivity index (χ3v) is 2.61. The monoisotopic (exact) mass is 253 g/mol. The van der Waals surface area contributed by atoms with Crippen LogP contribution in [0.15, 0.2) is 29.2 Å². The molecule has 2 amide bonds. The molecule has 4 nitrogen and oxygen atoms in total. The molecule has 0 aromatic heterocycles. The largest absolute Gasteiger partial charge is 0.338 e. The Morgan fingerprint density at radius 1 is 1.35 bits per heavy atom. The van der Waals surface area contributed by atoms with Crippen LogP contribution in [-0.2, 0) is 0 Å². The van der Waals surface area contributed by atoms with E-state index < -0.39 is 0 Å². The number of thiol groups is 1. The number of anilines is 1. The number of carbonyl (C=O) groups excluding carboxylic acids is 1. The van der Waals surface area contributed by atoms with Crippen molar-refractivity contribution in [2.24, 2.45) is 0 Å². The molecule has 1 aromatic rings. The maximum absolute atomic E-state index is 11.5. The van der Waals surface area contributed by atoms with Gasteiger partial charge in [-0.2, -0.15) is 0 Å². The van der Waals surface area contributed by atoms with E-state index in [4.69, 9.17) is 0 Å². The van der Waals surface area contributed by atoms with E-state index in [2.05, 4.69) is 28.2 Å². The van der Waals surface area contributed by atoms with Crippen LogP contribution >= 0.6 is 12.6 Å². The Morgan fingerprint density at radius 2 is 2.06 bits per heavy atom. The van der Waals surface area contributed by atoms with E-state index in [1.54, 1.807) is 0 Å².